The van der Waals surface area contributed by atoms with Gasteiger partial charge < -0.3 is 5.32 Å². The zero-order valence-corrected chi connectivity index (χ0v) is 12.9. The molecule has 130 valence electrons. The third kappa shape index (κ3) is 2.90. The van der Waals surface area contributed by atoms with Crippen molar-refractivity contribution in [3.05, 3.63) is 53.2 Å². The van der Waals surface area contributed by atoms with E-state index < -0.39 is 11.9 Å². The summed E-state index contributed by atoms with van der Waals surface area (Å²) in [6.07, 6.45) is -1.11. The van der Waals surface area contributed by atoms with Crippen LogP contribution in [0.4, 0.5) is 23.4 Å². The molecule has 25 heavy (non-hydrogen) atoms. The molecule has 0 radical (unpaired) electrons. The lowest BCUT2D eigenvalue weighted by atomic mass is 9.87. The van der Waals surface area contributed by atoms with Crippen LogP contribution in [0.2, 0.25) is 0 Å². The number of anilines is 1. The average Bonchev–Trinajstić information content (AvgIpc) is 3.03. The van der Waals surface area contributed by atoms with Crippen molar-refractivity contribution >= 4 is 11.6 Å². The number of nitrogens with one attached hydrogen (secondary N) is 1. The molecule has 1 aliphatic rings. The second-order valence-electron chi connectivity index (χ2n) is 5.93. The maximum atomic E-state index is 13.6. The van der Waals surface area contributed by atoms with Crippen molar-refractivity contribution in [3.63, 3.8) is 0 Å². The van der Waals surface area contributed by atoms with Crippen LogP contribution >= 0.6 is 0 Å². The number of benzene rings is 1. The minimum atomic E-state index is -4.60. The lowest BCUT2D eigenvalue weighted by Crippen LogP contribution is -2.20. The lowest BCUT2D eigenvalue weighted by molar-refractivity contribution is -0.141. The Kier molecular flexibility index (Phi) is 3.59. The summed E-state index contributed by atoms with van der Waals surface area (Å²) in [7, 11) is 0. The Morgan fingerprint density at radius 3 is 2.84 bits per heavy atom. The number of alkyl halides is 3. The Morgan fingerprint density at radius 1 is 1.20 bits per heavy atom. The van der Waals surface area contributed by atoms with Crippen LogP contribution in [0.25, 0.3) is 5.78 Å². The Balaban J connectivity index is 1.77. The van der Waals surface area contributed by atoms with Crippen LogP contribution in [0.15, 0.2) is 30.6 Å². The molecule has 1 atom stereocenters. The van der Waals surface area contributed by atoms with Crippen LogP contribution in [0.3, 0.4) is 0 Å². The number of nitrogens with zero attached hydrogens (tertiary/aromatic N) is 4. The van der Waals surface area contributed by atoms with Gasteiger partial charge in [-0.1, -0.05) is 6.07 Å². The molecule has 3 aromatic rings. The van der Waals surface area contributed by atoms with E-state index in [4.69, 9.17) is 0 Å². The topological polar surface area (TPSA) is 55.1 Å². The normalized spacial score (nSPS) is 17.5. The van der Waals surface area contributed by atoms with E-state index >= 15 is 0 Å². The average molecular weight is 351 g/mol. The number of fused-ring (bicyclic) bond motifs is 2. The van der Waals surface area contributed by atoms with Gasteiger partial charge >= 0.3 is 6.18 Å². The molecule has 2 aromatic heterocycles. The van der Waals surface area contributed by atoms with Crippen molar-refractivity contribution in [3.8, 4) is 0 Å². The van der Waals surface area contributed by atoms with Crippen LogP contribution in [-0.2, 0) is 12.6 Å². The highest BCUT2D eigenvalue weighted by Crippen LogP contribution is 2.35. The molecule has 0 saturated carbocycles. The van der Waals surface area contributed by atoms with Crippen molar-refractivity contribution < 1.29 is 17.6 Å². The van der Waals surface area contributed by atoms with E-state index in [2.05, 4.69) is 20.4 Å². The SMILES string of the molecule is Fc1ccc2c(c1)C(Nc1cc(C(F)(F)F)nc3ncnn13)CCC2. The first-order valence-corrected chi connectivity index (χ1v) is 7.74. The van der Waals surface area contributed by atoms with E-state index in [-0.39, 0.29) is 23.5 Å². The molecule has 1 aliphatic carbocycles. The summed E-state index contributed by atoms with van der Waals surface area (Å²) >= 11 is 0. The zero-order valence-electron chi connectivity index (χ0n) is 12.9. The van der Waals surface area contributed by atoms with Crippen LogP contribution < -0.4 is 5.32 Å². The second-order valence-corrected chi connectivity index (χ2v) is 5.93. The fraction of sp³-hybridized carbons (Fsp3) is 0.312. The van der Waals surface area contributed by atoms with E-state index in [0.717, 1.165) is 36.4 Å². The first-order valence-electron chi connectivity index (χ1n) is 7.74. The molecule has 1 N–H and O–H groups in total. The minimum Gasteiger partial charge on any atom is -0.363 e. The number of rotatable bonds is 2. The molecule has 0 bridgehead atoms. The van der Waals surface area contributed by atoms with Crippen LogP contribution in [0.5, 0.6) is 0 Å². The molecular formula is C16H13F4N5. The van der Waals surface area contributed by atoms with Gasteiger partial charge in [0.05, 0.1) is 6.04 Å². The summed E-state index contributed by atoms with van der Waals surface area (Å²) < 4.78 is 54.1. The van der Waals surface area contributed by atoms with E-state index in [1.165, 1.54) is 16.6 Å². The van der Waals surface area contributed by atoms with Crippen molar-refractivity contribution in [2.75, 3.05) is 5.32 Å². The van der Waals surface area contributed by atoms with Crippen LogP contribution in [0.1, 0.15) is 35.7 Å². The highest BCUT2D eigenvalue weighted by atomic mass is 19.4. The molecule has 9 heteroatoms. The van der Waals surface area contributed by atoms with E-state index in [0.29, 0.717) is 6.42 Å². The maximum absolute atomic E-state index is 13.6. The molecule has 1 aromatic carbocycles. The molecule has 0 fully saturated rings. The lowest BCUT2D eigenvalue weighted by Gasteiger charge is -2.27. The van der Waals surface area contributed by atoms with Crippen molar-refractivity contribution in [1.29, 1.82) is 0 Å². The zero-order chi connectivity index (χ0) is 17.6. The fourth-order valence-electron chi connectivity index (χ4n) is 3.16. The van der Waals surface area contributed by atoms with Gasteiger partial charge in [0.1, 0.15) is 18.0 Å². The molecule has 4 rings (SSSR count). The monoisotopic (exact) mass is 351 g/mol. The summed E-state index contributed by atoms with van der Waals surface area (Å²) in [5, 5.41) is 6.98. The fourth-order valence-corrected chi connectivity index (χ4v) is 3.16. The molecule has 5 nitrogen and oxygen atoms in total. The van der Waals surface area contributed by atoms with E-state index in [1.54, 1.807) is 6.07 Å². The largest absolute Gasteiger partial charge is 0.433 e. The summed E-state index contributed by atoms with van der Waals surface area (Å²) in [6.45, 7) is 0. The molecule has 0 saturated heterocycles. The highest BCUT2D eigenvalue weighted by molar-refractivity contribution is 5.48. The highest BCUT2D eigenvalue weighted by Gasteiger charge is 2.34. The summed E-state index contributed by atoms with van der Waals surface area (Å²) in [5.41, 5.74) is 0.695. The van der Waals surface area contributed by atoms with E-state index in [9.17, 15) is 17.6 Å². The van der Waals surface area contributed by atoms with Gasteiger partial charge in [-0.25, -0.2) is 9.37 Å². The molecular weight excluding hydrogens is 338 g/mol. The predicted octanol–water partition coefficient (Wildman–Crippen LogP) is 3.77. The smallest absolute Gasteiger partial charge is 0.363 e. The predicted molar refractivity (Wildman–Crippen MR) is 81.5 cm³/mol. The number of hydrogen-bond donors (Lipinski definition) is 1. The van der Waals surface area contributed by atoms with Crippen molar-refractivity contribution in [2.45, 2.75) is 31.5 Å². The Morgan fingerprint density at radius 2 is 2.04 bits per heavy atom. The third-order valence-corrected chi connectivity index (χ3v) is 4.29. The summed E-state index contributed by atoms with van der Waals surface area (Å²) in [5.74, 6) is -0.395. The summed E-state index contributed by atoms with van der Waals surface area (Å²) in [4.78, 5) is 7.23. The van der Waals surface area contributed by atoms with Gasteiger partial charge in [0.15, 0.2) is 5.69 Å². The maximum Gasteiger partial charge on any atom is 0.433 e. The van der Waals surface area contributed by atoms with Gasteiger partial charge in [-0.15, -0.1) is 0 Å². The molecule has 2 heterocycles. The van der Waals surface area contributed by atoms with Crippen molar-refractivity contribution in [2.24, 2.45) is 0 Å². The van der Waals surface area contributed by atoms with Crippen LogP contribution in [0, 0.1) is 5.82 Å². The Bertz CT molecular complexity index is 934. The van der Waals surface area contributed by atoms with Gasteiger partial charge in [0.25, 0.3) is 5.78 Å². The molecule has 0 amide bonds. The third-order valence-electron chi connectivity index (χ3n) is 4.29. The van der Waals surface area contributed by atoms with Gasteiger partial charge in [-0.3, -0.25) is 0 Å². The van der Waals surface area contributed by atoms with E-state index in [1.807, 2.05) is 0 Å². The number of aromatic nitrogens is 4. The van der Waals surface area contributed by atoms with Gasteiger partial charge in [0, 0.05) is 6.07 Å². The van der Waals surface area contributed by atoms with Gasteiger partial charge in [-0.05, 0) is 42.5 Å². The number of hydrogen-bond acceptors (Lipinski definition) is 4. The second kappa shape index (κ2) is 5.68. The van der Waals surface area contributed by atoms with Gasteiger partial charge in [-0.2, -0.15) is 27.8 Å². The van der Waals surface area contributed by atoms with Crippen LogP contribution in [-0.4, -0.2) is 19.6 Å². The molecule has 0 spiro atoms. The standard InChI is InChI=1S/C16H13F4N5/c17-10-5-4-9-2-1-3-12(11(9)6-10)23-14-7-13(16(18,19)20)24-15-21-8-22-25(14)15/h4-8,12,23H,1-3H2. The number of aryl methyl sites for hydroxylation is 1. The van der Waals surface area contributed by atoms with Crippen molar-refractivity contribution in [1.82, 2.24) is 19.6 Å². The quantitative estimate of drug-likeness (QED) is 0.714. The first-order chi connectivity index (χ1) is 11.9. The minimum absolute atomic E-state index is 0.122. The Labute approximate surface area is 139 Å². The number of halogens is 4. The molecule has 0 aliphatic heterocycles. The first kappa shape index (κ1) is 15.8. The Hall–Kier alpha value is -2.71. The molecule has 1 unspecified atom stereocenters. The van der Waals surface area contributed by atoms with Gasteiger partial charge in [0.2, 0.25) is 0 Å². The summed E-state index contributed by atoms with van der Waals surface area (Å²) in [6, 6.07) is 5.13.